The summed E-state index contributed by atoms with van der Waals surface area (Å²) in [7, 11) is 0. The molecule has 0 radical (unpaired) electrons. The lowest BCUT2D eigenvalue weighted by molar-refractivity contribution is 0.669. The van der Waals surface area contributed by atoms with Crippen LogP contribution < -0.4 is 4.90 Å². The zero-order valence-electron chi connectivity index (χ0n) is 26.9. The Kier molecular flexibility index (Phi) is 5.63. The number of para-hydroxylation sites is 3. The highest BCUT2D eigenvalue weighted by Crippen LogP contribution is 2.45. The molecule has 11 rings (SSSR count). The zero-order valence-corrected chi connectivity index (χ0v) is 26.9. The van der Waals surface area contributed by atoms with E-state index in [2.05, 4.69) is 167 Å². The summed E-state index contributed by atoms with van der Waals surface area (Å²) in [5.41, 5.74) is 10.1. The Balaban J connectivity index is 1.15. The lowest BCUT2D eigenvalue weighted by Crippen LogP contribution is -2.10. The minimum atomic E-state index is 0.852. The largest absolute Gasteiger partial charge is 0.456 e. The number of anilines is 3. The molecule has 234 valence electrons. The van der Waals surface area contributed by atoms with Gasteiger partial charge < -0.3 is 18.3 Å². The lowest BCUT2D eigenvalue weighted by atomic mass is 10.0. The molecule has 0 unspecified atom stereocenters. The second kappa shape index (κ2) is 10.4. The van der Waals surface area contributed by atoms with Gasteiger partial charge in [-0.3, -0.25) is 0 Å². The first-order valence-corrected chi connectivity index (χ1v) is 16.9. The highest BCUT2D eigenvalue weighted by Gasteiger charge is 2.22. The van der Waals surface area contributed by atoms with Crippen molar-refractivity contribution in [3.8, 4) is 5.69 Å². The van der Waals surface area contributed by atoms with Gasteiger partial charge in [-0.15, -0.1) is 0 Å². The minimum absolute atomic E-state index is 0.852. The molecule has 11 aromatic rings. The Morgan fingerprint density at radius 2 is 1.02 bits per heavy atom. The van der Waals surface area contributed by atoms with Gasteiger partial charge in [0.05, 0.1) is 22.1 Å². The molecule has 8 aromatic carbocycles. The molecule has 0 spiro atoms. The molecule has 0 amide bonds. The number of fused-ring (bicyclic) bond motifs is 11. The Morgan fingerprint density at radius 1 is 0.400 bits per heavy atom. The molecule has 0 aliphatic heterocycles. The molecule has 0 aliphatic rings. The molecule has 4 heteroatoms. The quantitative estimate of drug-likeness (QED) is 0.192. The predicted octanol–water partition coefficient (Wildman–Crippen LogP) is 13.2. The maximum Gasteiger partial charge on any atom is 0.143 e. The first kappa shape index (κ1) is 27.2. The third-order valence-electron chi connectivity index (χ3n) is 10.2. The zero-order chi connectivity index (χ0) is 32.8. The number of hydrogen-bond acceptors (Lipinski definition) is 3. The summed E-state index contributed by atoms with van der Waals surface area (Å²) >= 11 is 0. The minimum Gasteiger partial charge on any atom is -0.456 e. The summed E-state index contributed by atoms with van der Waals surface area (Å²) in [4.78, 5) is 2.33. The molecule has 0 fully saturated rings. The van der Waals surface area contributed by atoms with Crippen LogP contribution in [-0.4, -0.2) is 4.57 Å². The van der Waals surface area contributed by atoms with Crippen molar-refractivity contribution in [3.63, 3.8) is 0 Å². The van der Waals surface area contributed by atoms with E-state index < -0.39 is 0 Å². The maximum atomic E-state index is 6.64. The van der Waals surface area contributed by atoms with Gasteiger partial charge >= 0.3 is 0 Å². The smallest absolute Gasteiger partial charge is 0.143 e. The Morgan fingerprint density at radius 3 is 1.82 bits per heavy atom. The summed E-state index contributed by atoms with van der Waals surface area (Å²) < 4.78 is 15.4. The molecule has 50 heavy (non-hydrogen) atoms. The molecular formula is C46H28N2O2. The van der Waals surface area contributed by atoms with Crippen molar-refractivity contribution in [2.45, 2.75) is 0 Å². The normalized spacial score (nSPS) is 12.0. The van der Waals surface area contributed by atoms with Crippen LogP contribution in [-0.2, 0) is 0 Å². The molecule has 0 atom stereocenters. The van der Waals surface area contributed by atoms with Crippen molar-refractivity contribution in [3.05, 3.63) is 170 Å². The van der Waals surface area contributed by atoms with Gasteiger partial charge in [0.25, 0.3) is 0 Å². The van der Waals surface area contributed by atoms with Crippen LogP contribution in [0.1, 0.15) is 0 Å². The fourth-order valence-corrected chi connectivity index (χ4v) is 7.95. The number of aromatic nitrogens is 1. The summed E-state index contributed by atoms with van der Waals surface area (Å²) in [6.07, 6.45) is 0. The first-order chi connectivity index (χ1) is 24.8. The van der Waals surface area contributed by atoms with Crippen LogP contribution >= 0.6 is 0 Å². The third-order valence-corrected chi connectivity index (χ3v) is 10.2. The van der Waals surface area contributed by atoms with Gasteiger partial charge in [0.1, 0.15) is 22.3 Å². The molecular weight excluding hydrogens is 613 g/mol. The van der Waals surface area contributed by atoms with E-state index in [0.29, 0.717) is 0 Å². The van der Waals surface area contributed by atoms with Crippen LogP contribution in [0.5, 0.6) is 0 Å². The SMILES string of the molecule is c1ccc2c(c1)ccc1c2oc2cccc(N(c3ccc(-n4c5ccccc5c5ccccc54)cc3)c3ccc4c(c3)oc3ccccc34)c21. The Bertz CT molecular complexity index is 3050. The van der Waals surface area contributed by atoms with Crippen LogP contribution in [0, 0.1) is 0 Å². The third kappa shape index (κ3) is 3.87. The fraction of sp³-hybridized carbons (Fsp3) is 0. The van der Waals surface area contributed by atoms with Crippen LogP contribution in [0.4, 0.5) is 17.1 Å². The van der Waals surface area contributed by atoms with Gasteiger partial charge in [-0.05, 0) is 78.2 Å². The fourth-order valence-electron chi connectivity index (χ4n) is 7.95. The number of hydrogen-bond donors (Lipinski definition) is 0. The van der Waals surface area contributed by atoms with Crippen molar-refractivity contribution in [1.29, 1.82) is 0 Å². The van der Waals surface area contributed by atoms with E-state index in [0.717, 1.165) is 77.4 Å². The number of benzene rings is 8. The summed E-state index contributed by atoms with van der Waals surface area (Å²) in [5, 5.41) is 9.15. The van der Waals surface area contributed by atoms with Gasteiger partial charge in [-0.2, -0.15) is 0 Å². The summed E-state index contributed by atoms with van der Waals surface area (Å²) in [6, 6.07) is 60.1. The maximum absolute atomic E-state index is 6.64. The van der Waals surface area contributed by atoms with E-state index in [1.54, 1.807) is 0 Å². The number of nitrogens with zero attached hydrogens (tertiary/aromatic N) is 2. The molecule has 3 aromatic heterocycles. The molecule has 3 heterocycles. The van der Waals surface area contributed by atoms with Crippen molar-refractivity contribution in [1.82, 2.24) is 4.57 Å². The van der Waals surface area contributed by atoms with Gasteiger partial charge in [-0.1, -0.05) is 91.0 Å². The molecule has 0 aliphatic carbocycles. The van der Waals surface area contributed by atoms with Gasteiger partial charge in [0.2, 0.25) is 0 Å². The number of furan rings is 2. The van der Waals surface area contributed by atoms with Gasteiger partial charge in [0, 0.05) is 55.4 Å². The topological polar surface area (TPSA) is 34.5 Å². The van der Waals surface area contributed by atoms with Gasteiger partial charge in [-0.25, -0.2) is 0 Å². The lowest BCUT2D eigenvalue weighted by Gasteiger charge is -2.26. The first-order valence-electron chi connectivity index (χ1n) is 16.9. The monoisotopic (exact) mass is 640 g/mol. The van der Waals surface area contributed by atoms with Crippen LogP contribution in [0.25, 0.3) is 82.1 Å². The van der Waals surface area contributed by atoms with Crippen LogP contribution in [0.2, 0.25) is 0 Å². The molecule has 0 bridgehead atoms. The van der Waals surface area contributed by atoms with Crippen molar-refractivity contribution < 1.29 is 8.83 Å². The highest BCUT2D eigenvalue weighted by molar-refractivity contribution is 6.20. The van der Waals surface area contributed by atoms with Crippen molar-refractivity contribution in [2.24, 2.45) is 0 Å². The number of rotatable bonds is 4. The summed E-state index contributed by atoms with van der Waals surface area (Å²) in [5.74, 6) is 0. The van der Waals surface area contributed by atoms with E-state index in [-0.39, 0.29) is 0 Å². The van der Waals surface area contributed by atoms with Crippen molar-refractivity contribution in [2.75, 3.05) is 4.90 Å². The van der Waals surface area contributed by atoms with E-state index in [1.165, 1.54) is 21.8 Å². The Hall–Kier alpha value is -6.78. The second-order valence-electron chi connectivity index (χ2n) is 12.9. The molecule has 0 saturated heterocycles. The van der Waals surface area contributed by atoms with Crippen molar-refractivity contribution >= 4 is 93.5 Å². The van der Waals surface area contributed by atoms with E-state index >= 15 is 0 Å². The van der Waals surface area contributed by atoms with Crippen LogP contribution in [0.3, 0.4) is 0 Å². The average molecular weight is 641 g/mol. The molecule has 0 saturated carbocycles. The van der Waals surface area contributed by atoms with E-state index in [9.17, 15) is 0 Å². The van der Waals surface area contributed by atoms with E-state index in [4.69, 9.17) is 8.83 Å². The average Bonchev–Trinajstić information content (AvgIpc) is 3.85. The summed E-state index contributed by atoms with van der Waals surface area (Å²) in [6.45, 7) is 0. The van der Waals surface area contributed by atoms with Crippen LogP contribution in [0.15, 0.2) is 179 Å². The highest BCUT2D eigenvalue weighted by atomic mass is 16.3. The Labute approximate surface area is 286 Å². The van der Waals surface area contributed by atoms with E-state index in [1.807, 2.05) is 12.1 Å². The second-order valence-corrected chi connectivity index (χ2v) is 12.9. The van der Waals surface area contributed by atoms with Gasteiger partial charge in [0.15, 0.2) is 0 Å². The standard InChI is InChI=1S/C46H28N2O2/c1-2-11-33-29(10-1)20-26-38-45-41(17-9-19-43(45)50-46(33)38)47(32-25-27-37-36-14-5-8-18-42(36)49-44(37)28-32)30-21-23-31(24-22-30)48-39-15-6-3-12-34(39)35-13-4-7-16-40(35)48/h1-28H. The molecule has 4 nitrogen and oxygen atoms in total. The molecule has 0 N–H and O–H groups in total. The predicted molar refractivity (Wildman–Crippen MR) is 208 cm³/mol.